The van der Waals surface area contributed by atoms with Gasteiger partial charge < -0.3 is 14.8 Å². The second kappa shape index (κ2) is 10.1. The maximum absolute atomic E-state index is 13.4. The van der Waals surface area contributed by atoms with Crippen molar-refractivity contribution in [2.75, 3.05) is 13.6 Å². The molecule has 0 aliphatic rings. The van der Waals surface area contributed by atoms with E-state index in [1.165, 1.54) is 0 Å². The van der Waals surface area contributed by atoms with Crippen LogP contribution in [0.25, 0.3) is 10.9 Å². The van der Waals surface area contributed by atoms with Gasteiger partial charge in [-0.2, -0.15) is 0 Å². The molecule has 4 aromatic rings. The molecule has 2 aromatic heterocycles. The van der Waals surface area contributed by atoms with Crippen LogP contribution in [0.4, 0.5) is 0 Å². The van der Waals surface area contributed by atoms with Gasteiger partial charge in [0.2, 0.25) is 0 Å². The molecule has 0 bridgehead atoms. The molecule has 0 radical (unpaired) electrons. The van der Waals surface area contributed by atoms with E-state index in [2.05, 4.69) is 22.4 Å². The van der Waals surface area contributed by atoms with Crippen LogP contribution in [-0.4, -0.2) is 45.9 Å². The average Bonchev–Trinajstić information content (AvgIpc) is 3.28. The first kappa shape index (κ1) is 22.3. The average molecular weight is 441 g/mol. The van der Waals surface area contributed by atoms with Crippen molar-refractivity contribution < 1.29 is 9.59 Å². The number of hydrogen-bond donors (Lipinski definition) is 1. The molecular weight excluding hydrogens is 412 g/mol. The lowest BCUT2D eigenvalue weighted by atomic mass is 10.0. The monoisotopic (exact) mass is 440 g/mol. The highest BCUT2D eigenvalue weighted by molar-refractivity contribution is 5.98. The molecule has 0 spiro atoms. The molecule has 2 aromatic carbocycles. The highest BCUT2D eigenvalue weighted by Gasteiger charge is 2.22. The summed E-state index contributed by atoms with van der Waals surface area (Å²) in [5.74, 6) is -0.160. The summed E-state index contributed by atoms with van der Waals surface area (Å²) in [6.45, 7) is 0.473. The number of carbonyl (C=O) groups excluding carboxylic acids is 2. The van der Waals surface area contributed by atoms with Crippen molar-refractivity contribution in [3.8, 4) is 0 Å². The quantitative estimate of drug-likeness (QED) is 0.449. The molecule has 4 rings (SSSR count). The minimum Gasteiger partial charge on any atom is -0.351 e. The van der Waals surface area contributed by atoms with Crippen molar-refractivity contribution in [2.45, 2.75) is 18.9 Å². The topological polar surface area (TPSA) is 67.2 Å². The summed E-state index contributed by atoms with van der Waals surface area (Å²) >= 11 is 0. The van der Waals surface area contributed by atoms with Gasteiger partial charge in [-0.3, -0.25) is 14.6 Å². The number of fused-ring (bicyclic) bond motifs is 1. The Morgan fingerprint density at radius 3 is 2.61 bits per heavy atom. The Bertz CT molecular complexity index is 1250. The van der Waals surface area contributed by atoms with E-state index in [1.807, 2.05) is 74.9 Å². The van der Waals surface area contributed by atoms with E-state index < -0.39 is 0 Å². The maximum atomic E-state index is 13.4. The first-order valence-electron chi connectivity index (χ1n) is 11.1. The van der Waals surface area contributed by atoms with Crippen LogP contribution in [-0.2, 0) is 13.5 Å². The number of nitrogens with zero attached hydrogens (tertiary/aromatic N) is 3. The lowest BCUT2D eigenvalue weighted by molar-refractivity contribution is 0.0723. The van der Waals surface area contributed by atoms with Crippen LogP contribution in [0.15, 0.2) is 85.2 Å². The van der Waals surface area contributed by atoms with Crippen molar-refractivity contribution in [3.63, 3.8) is 0 Å². The van der Waals surface area contributed by atoms with E-state index >= 15 is 0 Å². The highest BCUT2D eigenvalue weighted by atomic mass is 16.2. The summed E-state index contributed by atoms with van der Waals surface area (Å²) in [6.07, 6.45) is 4.94. The minimum atomic E-state index is -0.114. The molecule has 1 N–H and O–H groups in total. The van der Waals surface area contributed by atoms with E-state index in [-0.39, 0.29) is 17.9 Å². The molecule has 6 heteroatoms. The van der Waals surface area contributed by atoms with Crippen molar-refractivity contribution >= 4 is 22.7 Å². The Hall–Kier alpha value is -3.93. The number of rotatable bonds is 8. The first-order valence-corrected chi connectivity index (χ1v) is 11.1. The molecule has 33 heavy (non-hydrogen) atoms. The largest absolute Gasteiger partial charge is 0.351 e. The summed E-state index contributed by atoms with van der Waals surface area (Å²) in [7, 11) is 3.68. The fraction of sp³-hybridized carbons (Fsp3) is 0.222. The minimum absolute atomic E-state index is 0.0459. The fourth-order valence-electron chi connectivity index (χ4n) is 4.04. The number of carbonyl (C=O) groups is 2. The zero-order valence-corrected chi connectivity index (χ0v) is 18.9. The van der Waals surface area contributed by atoms with Crippen LogP contribution >= 0.6 is 0 Å². The van der Waals surface area contributed by atoms with Crippen LogP contribution in [0.3, 0.4) is 0 Å². The molecule has 1 unspecified atom stereocenters. The van der Waals surface area contributed by atoms with Gasteiger partial charge in [-0.25, -0.2) is 0 Å². The Morgan fingerprint density at radius 2 is 1.85 bits per heavy atom. The Kier molecular flexibility index (Phi) is 6.83. The van der Waals surface area contributed by atoms with Crippen molar-refractivity contribution in [1.29, 1.82) is 0 Å². The molecule has 0 fully saturated rings. The number of aryl methyl sites for hydroxylation is 1. The molecule has 0 saturated heterocycles. The molecular formula is C27H28N4O2. The lowest BCUT2D eigenvalue weighted by Gasteiger charge is -2.29. The van der Waals surface area contributed by atoms with Gasteiger partial charge in [-0.05, 0) is 54.8 Å². The third kappa shape index (κ3) is 5.29. The number of amides is 2. The predicted octanol–water partition coefficient (Wildman–Crippen LogP) is 4.08. The van der Waals surface area contributed by atoms with Gasteiger partial charge in [0.05, 0.1) is 5.52 Å². The summed E-state index contributed by atoms with van der Waals surface area (Å²) in [4.78, 5) is 32.0. The van der Waals surface area contributed by atoms with E-state index in [0.29, 0.717) is 30.6 Å². The van der Waals surface area contributed by atoms with Crippen LogP contribution < -0.4 is 5.32 Å². The predicted molar refractivity (Wildman–Crippen MR) is 130 cm³/mol. The smallest absolute Gasteiger partial charge is 0.267 e. The molecule has 0 aliphatic heterocycles. The van der Waals surface area contributed by atoms with Gasteiger partial charge in [0.25, 0.3) is 11.8 Å². The van der Waals surface area contributed by atoms with Crippen molar-refractivity contribution in [2.24, 2.45) is 7.05 Å². The molecule has 168 valence electrons. The Balaban J connectivity index is 1.49. The molecule has 0 aliphatic carbocycles. The van der Waals surface area contributed by atoms with E-state index in [1.54, 1.807) is 21.7 Å². The molecule has 0 saturated carbocycles. The van der Waals surface area contributed by atoms with E-state index in [0.717, 1.165) is 16.5 Å². The maximum Gasteiger partial charge on any atom is 0.267 e. The number of likely N-dealkylation sites (N-methyl/N-ethyl adjacent to an activating group) is 1. The molecule has 1 atom stereocenters. The summed E-state index contributed by atoms with van der Waals surface area (Å²) in [5.41, 5.74) is 3.26. The van der Waals surface area contributed by atoms with Crippen LogP contribution in [0, 0.1) is 0 Å². The van der Waals surface area contributed by atoms with Gasteiger partial charge >= 0.3 is 0 Å². The van der Waals surface area contributed by atoms with Gasteiger partial charge in [0.15, 0.2) is 0 Å². The van der Waals surface area contributed by atoms with E-state index in [9.17, 15) is 9.59 Å². The number of nitrogens with one attached hydrogen (secondary N) is 1. The number of benzene rings is 2. The van der Waals surface area contributed by atoms with Crippen molar-refractivity contribution in [3.05, 3.63) is 102 Å². The highest BCUT2D eigenvalue weighted by Crippen LogP contribution is 2.18. The number of pyridine rings is 1. The fourth-order valence-corrected chi connectivity index (χ4v) is 4.04. The SMILES string of the molecule is CN(C(=O)c1ccc2ncccc2c1)C(CCNC(=O)c1cccn1C)Cc1ccccc1. The van der Waals surface area contributed by atoms with Gasteiger partial charge in [0, 0.05) is 50.0 Å². The molecule has 2 amide bonds. The molecule has 6 nitrogen and oxygen atoms in total. The Labute approximate surface area is 193 Å². The second-order valence-electron chi connectivity index (χ2n) is 8.22. The zero-order chi connectivity index (χ0) is 23.2. The third-order valence-electron chi connectivity index (χ3n) is 5.97. The van der Waals surface area contributed by atoms with Gasteiger partial charge in [-0.15, -0.1) is 0 Å². The Morgan fingerprint density at radius 1 is 1.03 bits per heavy atom. The first-order chi connectivity index (χ1) is 16.0. The molecule has 2 heterocycles. The number of aromatic nitrogens is 2. The van der Waals surface area contributed by atoms with Gasteiger partial charge in [-0.1, -0.05) is 36.4 Å². The van der Waals surface area contributed by atoms with Gasteiger partial charge in [0.1, 0.15) is 5.69 Å². The third-order valence-corrected chi connectivity index (χ3v) is 5.97. The zero-order valence-electron chi connectivity index (χ0n) is 18.9. The summed E-state index contributed by atoms with van der Waals surface area (Å²) in [6, 6.07) is 23.1. The normalized spacial score (nSPS) is 11.8. The summed E-state index contributed by atoms with van der Waals surface area (Å²) < 4.78 is 1.79. The van der Waals surface area contributed by atoms with E-state index in [4.69, 9.17) is 0 Å². The second-order valence-corrected chi connectivity index (χ2v) is 8.22. The van der Waals surface area contributed by atoms with Crippen LogP contribution in [0.1, 0.15) is 32.8 Å². The van der Waals surface area contributed by atoms with Crippen LogP contribution in [0.2, 0.25) is 0 Å². The van der Waals surface area contributed by atoms with Crippen LogP contribution in [0.5, 0.6) is 0 Å². The standard InChI is InChI=1S/C27H28N4O2/c1-30-17-7-11-25(30)26(32)29-16-14-23(18-20-8-4-3-5-9-20)31(2)27(33)22-12-13-24-21(19-22)10-6-15-28-24/h3-13,15,17,19,23H,14,16,18H2,1-2H3,(H,29,32). The number of hydrogen-bond acceptors (Lipinski definition) is 3. The lowest BCUT2D eigenvalue weighted by Crippen LogP contribution is -2.41. The van der Waals surface area contributed by atoms with Crippen molar-refractivity contribution in [1.82, 2.24) is 19.8 Å². The summed E-state index contributed by atoms with van der Waals surface area (Å²) in [5, 5.41) is 3.93.